The number of hydrogen-bond acceptors (Lipinski definition) is 1. The molecule has 0 aliphatic carbocycles. The Morgan fingerprint density at radius 1 is 1.05 bits per heavy atom. The Morgan fingerprint density at radius 2 is 1.63 bits per heavy atom. The quantitative estimate of drug-likeness (QED) is 0.770. The fraction of sp³-hybridized carbons (Fsp3) is 0.200. The zero-order valence-electron chi connectivity index (χ0n) is 10.7. The molecule has 0 aromatic heterocycles. The Hall–Kier alpha value is -0.710. The predicted octanol–water partition coefficient (Wildman–Crippen LogP) is 5.02. The van der Waals surface area contributed by atoms with Gasteiger partial charge in [-0.1, -0.05) is 44.0 Å². The standard InChI is InChI=1S/C15H14Br2FN/c1-8-5-10(6-9(2)14(8)18)15(19)12-7-11(16)3-4-13(12)17/h3-7,15H,19H2,1-2H3. The van der Waals surface area contributed by atoms with Crippen LogP contribution in [0.25, 0.3) is 0 Å². The van der Waals surface area contributed by atoms with Gasteiger partial charge in [0.05, 0.1) is 6.04 Å². The molecule has 1 unspecified atom stereocenters. The fourth-order valence-electron chi connectivity index (χ4n) is 2.09. The number of benzene rings is 2. The molecule has 0 heterocycles. The van der Waals surface area contributed by atoms with Gasteiger partial charge in [-0.3, -0.25) is 0 Å². The van der Waals surface area contributed by atoms with E-state index < -0.39 is 0 Å². The van der Waals surface area contributed by atoms with Gasteiger partial charge in [-0.15, -0.1) is 0 Å². The minimum Gasteiger partial charge on any atom is -0.320 e. The average Bonchev–Trinajstić information content (AvgIpc) is 2.37. The Labute approximate surface area is 129 Å². The van der Waals surface area contributed by atoms with Crippen LogP contribution in [-0.4, -0.2) is 0 Å². The molecule has 1 atom stereocenters. The summed E-state index contributed by atoms with van der Waals surface area (Å²) >= 11 is 6.95. The normalized spacial score (nSPS) is 12.5. The topological polar surface area (TPSA) is 26.0 Å². The minimum absolute atomic E-state index is 0.163. The summed E-state index contributed by atoms with van der Waals surface area (Å²) in [5, 5.41) is 0. The SMILES string of the molecule is Cc1cc(C(N)c2cc(Br)ccc2Br)cc(C)c1F. The average molecular weight is 387 g/mol. The highest BCUT2D eigenvalue weighted by Gasteiger charge is 2.15. The van der Waals surface area contributed by atoms with E-state index in [1.165, 1.54) is 0 Å². The molecule has 0 saturated heterocycles. The van der Waals surface area contributed by atoms with Crippen LogP contribution in [0.15, 0.2) is 39.3 Å². The largest absolute Gasteiger partial charge is 0.320 e. The van der Waals surface area contributed by atoms with Gasteiger partial charge in [0.25, 0.3) is 0 Å². The molecule has 4 heteroatoms. The summed E-state index contributed by atoms with van der Waals surface area (Å²) in [6.45, 7) is 3.52. The number of aryl methyl sites for hydroxylation is 2. The minimum atomic E-state index is -0.287. The van der Waals surface area contributed by atoms with E-state index in [1.54, 1.807) is 26.0 Å². The van der Waals surface area contributed by atoms with E-state index in [0.29, 0.717) is 11.1 Å². The van der Waals surface area contributed by atoms with Crippen LogP contribution < -0.4 is 5.73 Å². The first-order valence-electron chi connectivity index (χ1n) is 5.87. The Balaban J connectivity index is 2.49. The second kappa shape index (κ2) is 5.73. The van der Waals surface area contributed by atoms with E-state index in [4.69, 9.17) is 5.73 Å². The van der Waals surface area contributed by atoms with Crippen molar-refractivity contribution in [2.45, 2.75) is 19.9 Å². The van der Waals surface area contributed by atoms with E-state index in [-0.39, 0.29) is 11.9 Å². The molecular formula is C15H14Br2FN. The summed E-state index contributed by atoms with van der Waals surface area (Å²) in [6, 6.07) is 9.19. The monoisotopic (exact) mass is 385 g/mol. The van der Waals surface area contributed by atoms with Crippen LogP contribution in [0.1, 0.15) is 28.3 Å². The molecule has 0 radical (unpaired) electrons. The molecule has 0 amide bonds. The first-order valence-corrected chi connectivity index (χ1v) is 7.46. The van der Waals surface area contributed by atoms with E-state index in [0.717, 1.165) is 20.1 Å². The van der Waals surface area contributed by atoms with Crippen molar-refractivity contribution in [2.75, 3.05) is 0 Å². The molecule has 0 aliphatic rings. The van der Waals surface area contributed by atoms with Gasteiger partial charge in [-0.2, -0.15) is 0 Å². The van der Waals surface area contributed by atoms with Crippen molar-refractivity contribution in [2.24, 2.45) is 5.73 Å². The number of hydrogen-bond donors (Lipinski definition) is 1. The zero-order chi connectivity index (χ0) is 14.2. The van der Waals surface area contributed by atoms with Crippen LogP contribution >= 0.6 is 31.9 Å². The molecule has 100 valence electrons. The molecule has 19 heavy (non-hydrogen) atoms. The van der Waals surface area contributed by atoms with Gasteiger partial charge < -0.3 is 5.73 Å². The van der Waals surface area contributed by atoms with Crippen LogP contribution in [0.4, 0.5) is 4.39 Å². The summed E-state index contributed by atoms with van der Waals surface area (Å²) in [6.07, 6.45) is 0. The molecule has 2 aromatic carbocycles. The van der Waals surface area contributed by atoms with Gasteiger partial charge >= 0.3 is 0 Å². The van der Waals surface area contributed by atoms with Crippen molar-refractivity contribution >= 4 is 31.9 Å². The summed E-state index contributed by atoms with van der Waals surface area (Å²) in [7, 11) is 0. The first kappa shape index (κ1) is 14.7. The third-order valence-electron chi connectivity index (χ3n) is 3.11. The summed E-state index contributed by atoms with van der Waals surface area (Å²) in [5.41, 5.74) is 9.43. The van der Waals surface area contributed by atoms with Crippen LogP contribution in [0.5, 0.6) is 0 Å². The molecular weight excluding hydrogens is 373 g/mol. The molecule has 0 bridgehead atoms. The number of nitrogens with two attached hydrogens (primary N) is 1. The van der Waals surface area contributed by atoms with Gasteiger partial charge in [0.2, 0.25) is 0 Å². The maximum absolute atomic E-state index is 13.7. The second-order valence-electron chi connectivity index (χ2n) is 4.61. The van der Waals surface area contributed by atoms with Crippen LogP contribution in [-0.2, 0) is 0 Å². The molecule has 1 nitrogen and oxygen atoms in total. The summed E-state index contributed by atoms with van der Waals surface area (Å²) < 4.78 is 15.6. The lowest BCUT2D eigenvalue weighted by molar-refractivity contribution is 0.607. The van der Waals surface area contributed by atoms with Crippen molar-refractivity contribution in [1.29, 1.82) is 0 Å². The van der Waals surface area contributed by atoms with Gasteiger partial charge in [-0.25, -0.2) is 4.39 Å². The van der Waals surface area contributed by atoms with Gasteiger partial charge in [0.1, 0.15) is 5.82 Å². The van der Waals surface area contributed by atoms with Crippen LogP contribution in [0, 0.1) is 19.7 Å². The van der Waals surface area contributed by atoms with Crippen molar-refractivity contribution in [3.05, 3.63) is 67.3 Å². The Kier molecular flexibility index (Phi) is 4.43. The van der Waals surface area contributed by atoms with Crippen LogP contribution in [0.2, 0.25) is 0 Å². The second-order valence-corrected chi connectivity index (χ2v) is 6.38. The highest BCUT2D eigenvalue weighted by atomic mass is 79.9. The zero-order valence-corrected chi connectivity index (χ0v) is 13.8. The molecule has 2 rings (SSSR count). The molecule has 2 N–H and O–H groups in total. The van der Waals surface area contributed by atoms with Gasteiger partial charge in [0, 0.05) is 8.95 Å². The molecule has 0 saturated carbocycles. The van der Waals surface area contributed by atoms with Crippen molar-refractivity contribution in [3.63, 3.8) is 0 Å². The molecule has 0 spiro atoms. The van der Waals surface area contributed by atoms with Gasteiger partial charge in [-0.05, 0) is 54.3 Å². The van der Waals surface area contributed by atoms with Gasteiger partial charge in [0.15, 0.2) is 0 Å². The molecule has 0 fully saturated rings. The maximum Gasteiger partial charge on any atom is 0.129 e. The third kappa shape index (κ3) is 3.07. The summed E-state index contributed by atoms with van der Waals surface area (Å²) in [5.74, 6) is -0.163. The summed E-state index contributed by atoms with van der Waals surface area (Å²) in [4.78, 5) is 0. The number of halogens is 3. The fourth-order valence-corrected chi connectivity index (χ4v) is 2.96. The molecule has 2 aromatic rings. The highest BCUT2D eigenvalue weighted by molar-refractivity contribution is 9.11. The lowest BCUT2D eigenvalue weighted by atomic mass is 9.96. The smallest absolute Gasteiger partial charge is 0.129 e. The Bertz CT molecular complexity index is 603. The number of rotatable bonds is 2. The third-order valence-corrected chi connectivity index (χ3v) is 4.33. The van der Waals surface area contributed by atoms with E-state index in [2.05, 4.69) is 31.9 Å². The first-order chi connectivity index (χ1) is 8.90. The molecule has 0 aliphatic heterocycles. The highest BCUT2D eigenvalue weighted by Crippen LogP contribution is 2.30. The van der Waals surface area contributed by atoms with E-state index in [9.17, 15) is 4.39 Å². The predicted molar refractivity (Wildman–Crippen MR) is 83.7 cm³/mol. The lowest BCUT2D eigenvalue weighted by Gasteiger charge is -2.17. The Morgan fingerprint density at radius 3 is 2.21 bits per heavy atom. The van der Waals surface area contributed by atoms with Crippen molar-refractivity contribution in [3.8, 4) is 0 Å². The lowest BCUT2D eigenvalue weighted by Crippen LogP contribution is -2.13. The van der Waals surface area contributed by atoms with E-state index >= 15 is 0 Å². The van der Waals surface area contributed by atoms with Crippen molar-refractivity contribution < 1.29 is 4.39 Å². The van der Waals surface area contributed by atoms with Crippen molar-refractivity contribution in [1.82, 2.24) is 0 Å². The van der Waals surface area contributed by atoms with Crippen LogP contribution in [0.3, 0.4) is 0 Å². The van der Waals surface area contributed by atoms with E-state index in [1.807, 2.05) is 18.2 Å². The maximum atomic E-state index is 13.7.